The Kier molecular flexibility index (Phi) is 5.51. The van der Waals surface area contributed by atoms with Crippen molar-refractivity contribution in [3.8, 4) is 0 Å². The van der Waals surface area contributed by atoms with Gasteiger partial charge in [0.2, 0.25) is 0 Å². The van der Waals surface area contributed by atoms with E-state index in [1.807, 2.05) is 13.1 Å². The molecule has 2 rings (SSSR count). The lowest BCUT2D eigenvalue weighted by Gasteiger charge is -2.18. The lowest BCUT2D eigenvalue weighted by molar-refractivity contribution is 0.582. The fourth-order valence-corrected chi connectivity index (χ4v) is 2.69. The Morgan fingerprint density at radius 2 is 1.62 bits per heavy atom. The number of rotatable bonds is 6. The lowest BCUT2D eigenvalue weighted by Crippen LogP contribution is -2.19. The van der Waals surface area contributed by atoms with Gasteiger partial charge < -0.3 is 5.32 Å². The molecule has 0 aromatic heterocycles. The van der Waals surface area contributed by atoms with Crippen molar-refractivity contribution in [1.82, 2.24) is 5.32 Å². The molecule has 0 aliphatic carbocycles. The van der Waals surface area contributed by atoms with E-state index in [0.29, 0.717) is 5.92 Å². The summed E-state index contributed by atoms with van der Waals surface area (Å²) in [4.78, 5) is 0. The molecule has 1 unspecified atom stereocenters. The van der Waals surface area contributed by atoms with E-state index in [9.17, 15) is 4.39 Å². The van der Waals surface area contributed by atoms with Gasteiger partial charge in [0.05, 0.1) is 0 Å². The van der Waals surface area contributed by atoms with Crippen LogP contribution in [-0.2, 0) is 12.8 Å². The Hall–Kier alpha value is -1.67. The summed E-state index contributed by atoms with van der Waals surface area (Å²) in [6.07, 6.45) is 1.88. The fraction of sp³-hybridized carbons (Fsp3) is 0.368. The third kappa shape index (κ3) is 4.68. The molecule has 0 spiro atoms. The smallest absolute Gasteiger partial charge is 0.123 e. The highest BCUT2D eigenvalue weighted by atomic mass is 19.1. The molecule has 0 bridgehead atoms. The molecule has 0 saturated carbocycles. The number of halogens is 1. The van der Waals surface area contributed by atoms with Crippen LogP contribution in [0.4, 0.5) is 4.39 Å². The third-order valence-electron chi connectivity index (χ3n) is 3.67. The number of hydrogen-bond acceptors (Lipinski definition) is 1. The summed E-state index contributed by atoms with van der Waals surface area (Å²) in [6.45, 7) is 4.46. The second kappa shape index (κ2) is 7.37. The summed E-state index contributed by atoms with van der Waals surface area (Å²) >= 11 is 0. The van der Waals surface area contributed by atoms with Gasteiger partial charge in [-0.2, -0.15) is 0 Å². The van der Waals surface area contributed by atoms with Crippen molar-refractivity contribution in [3.05, 3.63) is 71.0 Å². The molecule has 0 amide bonds. The molecule has 21 heavy (non-hydrogen) atoms. The van der Waals surface area contributed by atoms with Gasteiger partial charge in [0, 0.05) is 6.04 Å². The largest absolute Gasteiger partial charge is 0.313 e. The van der Waals surface area contributed by atoms with Crippen LogP contribution >= 0.6 is 0 Å². The van der Waals surface area contributed by atoms with Crippen LogP contribution in [0.2, 0.25) is 0 Å². The summed E-state index contributed by atoms with van der Waals surface area (Å²) in [5.41, 5.74) is 3.64. The van der Waals surface area contributed by atoms with Gasteiger partial charge in [0.1, 0.15) is 5.82 Å². The monoisotopic (exact) mass is 285 g/mol. The van der Waals surface area contributed by atoms with Crippen LogP contribution in [0.1, 0.15) is 36.6 Å². The van der Waals surface area contributed by atoms with E-state index in [-0.39, 0.29) is 11.9 Å². The lowest BCUT2D eigenvalue weighted by atomic mass is 9.95. The van der Waals surface area contributed by atoms with Crippen molar-refractivity contribution in [2.24, 2.45) is 5.92 Å². The first-order valence-corrected chi connectivity index (χ1v) is 7.59. The Balaban J connectivity index is 2.17. The van der Waals surface area contributed by atoms with E-state index >= 15 is 0 Å². The van der Waals surface area contributed by atoms with Crippen molar-refractivity contribution < 1.29 is 4.39 Å². The zero-order chi connectivity index (χ0) is 15.2. The highest BCUT2D eigenvalue weighted by molar-refractivity contribution is 5.28. The Morgan fingerprint density at radius 1 is 0.952 bits per heavy atom. The van der Waals surface area contributed by atoms with Crippen molar-refractivity contribution in [2.75, 3.05) is 7.05 Å². The van der Waals surface area contributed by atoms with Crippen LogP contribution < -0.4 is 5.32 Å². The van der Waals surface area contributed by atoms with Crippen LogP contribution in [0.5, 0.6) is 0 Å². The molecule has 0 radical (unpaired) electrons. The van der Waals surface area contributed by atoms with E-state index in [0.717, 1.165) is 18.4 Å². The van der Waals surface area contributed by atoms with E-state index in [4.69, 9.17) is 0 Å². The van der Waals surface area contributed by atoms with E-state index in [1.54, 1.807) is 12.1 Å². The summed E-state index contributed by atoms with van der Waals surface area (Å²) in [7, 11) is 1.96. The molecular weight excluding hydrogens is 261 g/mol. The van der Waals surface area contributed by atoms with Gasteiger partial charge in [-0.1, -0.05) is 50.2 Å². The minimum atomic E-state index is -0.170. The molecule has 1 N–H and O–H groups in total. The highest BCUT2D eigenvalue weighted by Crippen LogP contribution is 2.21. The van der Waals surface area contributed by atoms with Crippen molar-refractivity contribution in [2.45, 2.75) is 32.7 Å². The van der Waals surface area contributed by atoms with Gasteiger partial charge in [-0.05, 0) is 54.6 Å². The predicted octanol–water partition coefficient (Wildman–Crippen LogP) is 4.53. The molecule has 0 fully saturated rings. The first kappa shape index (κ1) is 15.7. The SMILES string of the molecule is CNC(Cc1cccc(F)c1)c1cccc(CC(C)C)c1. The van der Waals surface area contributed by atoms with Crippen LogP contribution in [-0.4, -0.2) is 7.05 Å². The van der Waals surface area contributed by atoms with Crippen LogP contribution in [0.25, 0.3) is 0 Å². The summed E-state index contributed by atoms with van der Waals surface area (Å²) in [5, 5.41) is 3.34. The van der Waals surface area contributed by atoms with Crippen molar-refractivity contribution >= 4 is 0 Å². The molecule has 0 aliphatic heterocycles. The van der Waals surface area contributed by atoms with Crippen LogP contribution in [0.15, 0.2) is 48.5 Å². The Labute approximate surface area is 127 Å². The normalized spacial score (nSPS) is 12.6. The van der Waals surface area contributed by atoms with E-state index in [2.05, 4.69) is 43.4 Å². The molecule has 0 saturated heterocycles. The molecule has 2 heteroatoms. The minimum absolute atomic E-state index is 0.170. The van der Waals surface area contributed by atoms with Gasteiger partial charge in [-0.3, -0.25) is 0 Å². The standard InChI is InChI=1S/C19H24FN/c1-14(2)10-15-6-4-8-17(11-15)19(21-3)13-16-7-5-9-18(20)12-16/h4-9,11-12,14,19,21H,10,13H2,1-3H3. The van der Waals surface area contributed by atoms with Gasteiger partial charge in [0.25, 0.3) is 0 Å². The third-order valence-corrected chi connectivity index (χ3v) is 3.67. The van der Waals surface area contributed by atoms with Crippen LogP contribution in [0, 0.1) is 11.7 Å². The fourth-order valence-electron chi connectivity index (χ4n) is 2.69. The molecule has 112 valence electrons. The van der Waals surface area contributed by atoms with E-state index < -0.39 is 0 Å². The molecule has 2 aromatic rings. The second-order valence-electron chi connectivity index (χ2n) is 6.02. The molecule has 0 heterocycles. The number of hydrogen-bond donors (Lipinski definition) is 1. The van der Waals surface area contributed by atoms with Crippen molar-refractivity contribution in [1.29, 1.82) is 0 Å². The topological polar surface area (TPSA) is 12.0 Å². The second-order valence-corrected chi connectivity index (χ2v) is 6.02. The maximum absolute atomic E-state index is 13.3. The van der Waals surface area contributed by atoms with Gasteiger partial charge in [0.15, 0.2) is 0 Å². The maximum Gasteiger partial charge on any atom is 0.123 e. The molecule has 1 atom stereocenters. The number of nitrogens with one attached hydrogen (secondary N) is 1. The van der Waals surface area contributed by atoms with Gasteiger partial charge in [-0.25, -0.2) is 4.39 Å². The zero-order valence-corrected chi connectivity index (χ0v) is 13.1. The average molecular weight is 285 g/mol. The molecule has 2 aromatic carbocycles. The van der Waals surface area contributed by atoms with Crippen molar-refractivity contribution in [3.63, 3.8) is 0 Å². The zero-order valence-electron chi connectivity index (χ0n) is 13.1. The summed E-state index contributed by atoms with van der Waals surface area (Å²) in [5.74, 6) is 0.479. The first-order valence-electron chi connectivity index (χ1n) is 7.59. The maximum atomic E-state index is 13.3. The summed E-state index contributed by atoms with van der Waals surface area (Å²) in [6, 6.07) is 15.8. The van der Waals surface area contributed by atoms with Gasteiger partial charge >= 0.3 is 0 Å². The minimum Gasteiger partial charge on any atom is -0.313 e. The number of likely N-dealkylation sites (N-methyl/N-ethyl adjacent to an activating group) is 1. The summed E-state index contributed by atoms with van der Waals surface area (Å²) < 4.78 is 13.3. The molecule has 0 aliphatic rings. The molecule has 1 nitrogen and oxygen atoms in total. The van der Waals surface area contributed by atoms with Crippen LogP contribution in [0.3, 0.4) is 0 Å². The van der Waals surface area contributed by atoms with E-state index in [1.165, 1.54) is 17.2 Å². The quantitative estimate of drug-likeness (QED) is 0.822. The first-order chi connectivity index (χ1) is 10.1. The Bertz CT molecular complexity index is 577. The highest BCUT2D eigenvalue weighted by Gasteiger charge is 2.11. The Morgan fingerprint density at radius 3 is 2.24 bits per heavy atom. The van der Waals surface area contributed by atoms with Gasteiger partial charge in [-0.15, -0.1) is 0 Å². The number of benzene rings is 2. The molecular formula is C19H24FN. The average Bonchev–Trinajstić information content (AvgIpc) is 2.44. The predicted molar refractivity (Wildman–Crippen MR) is 86.9 cm³/mol.